The van der Waals surface area contributed by atoms with Crippen molar-refractivity contribution in [2.24, 2.45) is 0 Å². The average molecular weight is 419 g/mol. The van der Waals surface area contributed by atoms with Crippen molar-refractivity contribution in [2.45, 2.75) is 52.6 Å². The summed E-state index contributed by atoms with van der Waals surface area (Å²) >= 11 is 6.09. The second-order valence-electron chi connectivity index (χ2n) is 7.20. The Morgan fingerprint density at radius 2 is 1.86 bits per heavy atom. The van der Waals surface area contributed by atoms with Gasteiger partial charge in [-0.15, -0.1) is 0 Å². The van der Waals surface area contributed by atoms with Crippen LogP contribution in [0, 0.1) is 12.7 Å². The maximum absolute atomic E-state index is 14.2. The first kappa shape index (κ1) is 22.9. The van der Waals surface area contributed by atoms with E-state index < -0.39 is 11.9 Å². The summed E-state index contributed by atoms with van der Waals surface area (Å²) in [5.74, 6) is -1.10. The molecule has 1 atom stereocenters. The molecular formula is C23H28ClFN2O2. The van der Waals surface area contributed by atoms with Crippen molar-refractivity contribution in [1.29, 1.82) is 0 Å². The van der Waals surface area contributed by atoms with Crippen LogP contribution in [0.1, 0.15) is 43.4 Å². The lowest BCUT2D eigenvalue weighted by Crippen LogP contribution is -2.48. The molecule has 0 aromatic heterocycles. The molecule has 2 amide bonds. The van der Waals surface area contributed by atoms with Crippen LogP contribution in [0.15, 0.2) is 42.5 Å². The lowest BCUT2D eigenvalue weighted by Gasteiger charge is -2.29. The minimum absolute atomic E-state index is 0.145. The highest BCUT2D eigenvalue weighted by atomic mass is 35.5. The number of aryl methyl sites for hydroxylation is 1. The van der Waals surface area contributed by atoms with Crippen molar-refractivity contribution in [2.75, 3.05) is 6.54 Å². The predicted octanol–water partition coefficient (Wildman–Crippen LogP) is 4.66. The Bertz CT molecular complexity index is 819. The number of hydrogen-bond donors (Lipinski definition) is 1. The molecule has 0 heterocycles. The van der Waals surface area contributed by atoms with Crippen molar-refractivity contribution >= 4 is 23.4 Å². The van der Waals surface area contributed by atoms with Gasteiger partial charge in [0.25, 0.3) is 0 Å². The SMILES string of the molecule is CCCCNC(=O)C(C)N(Cc1ccc(C)cc1)C(=O)Cc1c(F)cccc1Cl. The van der Waals surface area contributed by atoms with Gasteiger partial charge in [0, 0.05) is 23.7 Å². The summed E-state index contributed by atoms with van der Waals surface area (Å²) in [5.41, 5.74) is 2.15. The molecule has 4 nitrogen and oxygen atoms in total. The third kappa shape index (κ3) is 6.57. The van der Waals surface area contributed by atoms with Crippen LogP contribution in [-0.2, 0) is 22.6 Å². The molecule has 0 radical (unpaired) electrons. The number of benzene rings is 2. The van der Waals surface area contributed by atoms with Crippen LogP contribution in [-0.4, -0.2) is 29.3 Å². The molecule has 1 unspecified atom stereocenters. The molecule has 2 aromatic carbocycles. The molecule has 156 valence electrons. The van der Waals surface area contributed by atoms with Gasteiger partial charge in [-0.3, -0.25) is 9.59 Å². The highest BCUT2D eigenvalue weighted by molar-refractivity contribution is 6.31. The van der Waals surface area contributed by atoms with Gasteiger partial charge in [0.2, 0.25) is 11.8 Å². The summed E-state index contributed by atoms with van der Waals surface area (Å²) in [5, 5.41) is 3.07. The van der Waals surface area contributed by atoms with Gasteiger partial charge in [-0.2, -0.15) is 0 Å². The van der Waals surface area contributed by atoms with Gasteiger partial charge in [0.15, 0.2) is 0 Å². The molecule has 6 heteroatoms. The monoisotopic (exact) mass is 418 g/mol. The Labute approximate surface area is 177 Å². The lowest BCUT2D eigenvalue weighted by atomic mass is 10.1. The van der Waals surface area contributed by atoms with E-state index in [0.717, 1.165) is 24.0 Å². The molecule has 0 saturated heterocycles. The number of unbranched alkanes of at least 4 members (excludes halogenated alkanes) is 1. The fourth-order valence-electron chi connectivity index (χ4n) is 2.96. The summed E-state index contributed by atoms with van der Waals surface area (Å²) in [6, 6.07) is 11.4. The Hall–Kier alpha value is -2.40. The predicted molar refractivity (Wildman–Crippen MR) is 114 cm³/mol. The first-order valence-electron chi connectivity index (χ1n) is 9.89. The Morgan fingerprint density at radius 3 is 2.48 bits per heavy atom. The van der Waals surface area contributed by atoms with Crippen molar-refractivity contribution in [3.8, 4) is 0 Å². The van der Waals surface area contributed by atoms with E-state index >= 15 is 0 Å². The summed E-state index contributed by atoms with van der Waals surface area (Å²) in [7, 11) is 0. The highest BCUT2D eigenvalue weighted by Crippen LogP contribution is 2.21. The van der Waals surface area contributed by atoms with E-state index in [-0.39, 0.29) is 35.4 Å². The zero-order valence-electron chi connectivity index (χ0n) is 17.2. The van der Waals surface area contributed by atoms with Crippen molar-refractivity contribution in [1.82, 2.24) is 10.2 Å². The number of carbonyl (C=O) groups is 2. The summed E-state index contributed by atoms with van der Waals surface area (Å²) in [6.07, 6.45) is 1.63. The zero-order valence-corrected chi connectivity index (χ0v) is 17.9. The van der Waals surface area contributed by atoms with Crippen LogP contribution in [0.4, 0.5) is 4.39 Å². The molecule has 0 saturated carbocycles. The maximum atomic E-state index is 14.2. The number of halogens is 2. The number of hydrogen-bond acceptors (Lipinski definition) is 2. The van der Waals surface area contributed by atoms with Crippen molar-refractivity contribution in [3.63, 3.8) is 0 Å². The first-order valence-corrected chi connectivity index (χ1v) is 10.3. The van der Waals surface area contributed by atoms with Gasteiger partial charge in [0.05, 0.1) is 6.42 Å². The van der Waals surface area contributed by atoms with Crippen LogP contribution < -0.4 is 5.32 Å². The van der Waals surface area contributed by atoms with Gasteiger partial charge in [0.1, 0.15) is 11.9 Å². The van der Waals surface area contributed by atoms with Crippen LogP contribution in [0.3, 0.4) is 0 Å². The van der Waals surface area contributed by atoms with Crippen LogP contribution >= 0.6 is 11.6 Å². The Kier molecular flexibility index (Phi) is 8.65. The molecule has 1 N–H and O–H groups in total. The van der Waals surface area contributed by atoms with E-state index in [1.54, 1.807) is 13.0 Å². The second-order valence-corrected chi connectivity index (χ2v) is 7.61. The molecule has 29 heavy (non-hydrogen) atoms. The number of nitrogens with zero attached hydrogens (tertiary/aromatic N) is 1. The smallest absolute Gasteiger partial charge is 0.242 e. The van der Waals surface area contributed by atoms with Gasteiger partial charge >= 0.3 is 0 Å². The second kappa shape index (κ2) is 11.0. The minimum Gasteiger partial charge on any atom is -0.354 e. The molecule has 0 bridgehead atoms. The lowest BCUT2D eigenvalue weighted by molar-refractivity contribution is -0.140. The fourth-order valence-corrected chi connectivity index (χ4v) is 3.19. The summed E-state index contributed by atoms with van der Waals surface area (Å²) < 4.78 is 14.2. The van der Waals surface area contributed by atoms with E-state index in [1.807, 2.05) is 38.1 Å². The topological polar surface area (TPSA) is 49.4 Å². The zero-order chi connectivity index (χ0) is 21.4. The van der Waals surface area contributed by atoms with Gasteiger partial charge in [-0.25, -0.2) is 4.39 Å². The van der Waals surface area contributed by atoms with E-state index in [2.05, 4.69) is 5.32 Å². The van der Waals surface area contributed by atoms with Crippen LogP contribution in [0.25, 0.3) is 0 Å². The first-order chi connectivity index (χ1) is 13.8. The molecule has 0 spiro atoms. The Morgan fingerprint density at radius 1 is 1.17 bits per heavy atom. The normalized spacial score (nSPS) is 11.8. The molecular weight excluding hydrogens is 391 g/mol. The van der Waals surface area contributed by atoms with Crippen LogP contribution in [0.5, 0.6) is 0 Å². The number of rotatable bonds is 9. The molecule has 0 aliphatic rings. The standard InChI is InChI=1S/C23H28ClFN2O2/c1-4-5-13-26-23(29)17(3)27(15-18-11-9-16(2)10-12-18)22(28)14-19-20(24)7-6-8-21(19)25/h6-12,17H,4-5,13-15H2,1-3H3,(H,26,29). The largest absolute Gasteiger partial charge is 0.354 e. The van der Waals surface area contributed by atoms with Crippen molar-refractivity contribution in [3.05, 3.63) is 70.0 Å². The maximum Gasteiger partial charge on any atom is 0.242 e. The molecule has 2 aromatic rings. The molecule has 2 rings (SSSR count). The van der Waals surface area contributed by atoms with E-state index in [0.29, 0.717) is 6.54 Å². The summed E-state index contributed by atoms with van der Waals surface area (Å²) in [6.45, 7) is 6.53. The quantitative estimate of drug-likeness (QED) is 0.602. The third-order valence-electron chi connectivity index (χ3n) is 4.86. The number of nitrogens with one attached hydrogen (secondary N) is 1. The van der Waals surface area contributed by atoms with Gasteiger partial charge in [-0.05, 0) is 38.0 Å². The molecule has 0 aliphatic heterocycles. The summed E-state index contributed by atoms with van der Waals surface area (Å²) in [4.78, 5) is 27.2. The number of amides is 2. The Balaban J connectivity index is 2.23. The van der Waals surface area contributed by atoms with E-state index in [1.165, 1.54) is 17.0 Å². The van der Waals surface area contributed by atoms with Crippen LogP contribution in [0.2, 0.25) is 5.02 Å². The fraction of sp³-hybridized carbons (Fsp3) is 0.391. The van der Waals surface area contributed by atoms with Gasteiger partial charge in [-0.1, -0.05) is 60.8 Å². The van der Waals surface area contributed by atoms with Gasteiger partial charge < -0.3 is 10.2 Å². The number of carbonyl (C=O) groups excluding carboxylic acids is 2. The van der Waals surface area contributed by atoms with E-state index in [4.69, 9.17) is 11.6 Å². The minimum atomic E-state index is -0.689. The molecule has 0 fully saturated rings. The molecule has 0 aliphatic carbocycles. The highest BCUT2D eigenvalue weighted by Gasteiger charge is 2.27. The van der Waals surface area contributed by atoms with Crippen molar-refractivity contribution < 1.29 is 14.0 Å². The van der Waals surface area contributed by atoms with E-state index in [9.17, 15) is 14.0 Å². The third-order valence-corrected chi connectivity index (χ3v) is 5.21. The average Bonchev–Trinajstić information content (AvgIpc) is 2.70.